The number of ketones is 1. The Kier molecular flexibility index (Phi) is 4.93. The van der Waals surface area contributed by atoms with Gasteiger partial charge in [0, 0.05) is 17.7 Å². The predicted molar refractivity (Wildman–Crippen MR) is 82.5 cm³/mol. The first-order valence-corrected chi connectivity index (χ1v) is 7.17. The summed E-state index contributed by atoms with van der Waals surface area (Å²) in [7, 11) is 0. The normalized spacial score (nSPS) is 11.7. The number of nitrogens with zero attached hydrogens (tertiary/aromatic N) is 1. The fourth-order valence-corrected chi connectivity index (χ4v) is 1.98. The van der Waals surface area contributed by atoms with Crippen molar-refractivity contribution in [3.05, 3.63) is 64.2 Å². The first-order chi connectivity index (χ1) is 9.97. The van der Waals surface area contributed by atoms with Gasteiger partial charge in [0.2, 0.25) is 0 Å². The number of nitro groups is 1. The molecule has 5 nitrogen and oxygen atoms in total. The van der Waals surface area contributed by atoms with Gasteiger partial charge < -0.3 is 4.74 Å². The van der Waals surface area contributed by atoms with Crippen molar-refractivity contribution < 1.29 is 14.5 Å². The van der Waals surface area contributed by atoms with E-state index in [4.69, 9.17) is 16.3 Å². The summed E-state index contributed by atoms with van der Waals surface area (Å²) in [6, 6.07) is 12.2. The van der Waals surface area contributed by atoms with E-state index in [1.165, 1.54) is 24.3 Å². The number of ether oxygens (including phenoxy) is 1. The molecule has 2 aromatic carbocycles. The van der Waals surface area contributed by atoms with Crippen LogP contribution in [-0.2, 0) is 0 Å². The maximum atomic E-state index is 11.6. The van der Waals surface area contributed by atoms with E-state index in [0.717, 1.165) is 0 Å². The Morgan fingerprint density at radius 1 is 1.10 bits per heavy atom. The lowest BCUT2D eigenvalue weighted by atomic mass is 10.1. The number of halogens is 2. The lowest BCUT2D eigenvalue weighted by Crippen LogP contribution is -2.06. The van der Waals surface area contributed by atoms with Crippen LogP contribution in [0.4, 0.5) is 5.69 Å². The zero-order valence-electron chi connectivity index (χ0n) is 10.5. The molecule has 0 aliphatic carbocycles. The number of alkyl halides is 2. The summed E-state index contributed by atoms with van der Waals surface area (Å²) in [5.41, 5.74) is 0.455. The van der Waals surface area contributed by atoms with Crippen LogP contribution in [0.1, 0.15) is 10.4 Å². The van der Waals surface area contributed by atoms with Crippen molar-refractivity contribution in [3.8, 4) is 11.5 Å². The fourth-order valence-electron chi connectivity index (χ4n) is 1.59. The molecule has 0 amide bonds. The molecule has 0 aromatic heterocycles. The topological polar surface area (TPSA) is 69.4 Å². The Morgan fingerprint density at radius 2 is 1.57 bits per heavy atom. The molecule has 1 atom stereocenters. The molecule has 0 saturated carbocycles. The summed E-state index contributed by atoms with van der Waals surface area (Å²) < 4.78 is 4.76. The largest absolute Gasteiger partial charge is 0.457 e. The number of carbonyl (C=O) groups is 1. The van der Waals surface area contributed by atoms with Crippen LogP contribution in [0.3, 0.4) is 0 Å². The second-order valence-electron chi connectivity index (χ2n) is 4.04. The van der Waals surface area contributed by atoms with Gasteiger partial charge in [-0.15, -0.1) is 11.6 Å². The number of benzene rings is 2. The van der Waals surface area contributed by atoms with E-state index in [0.29, 0.717) is 17.1 Å². The first-order valence-electron chi connectivity index (χ1n) is 5.82. The van der Waals surface area contributed by atoms with Gasteiger partial charge in [-0.1, -0.05) is 15.9 Å². The molecule has 0 aliphatic rings. The average molecular weight is 371 g/mol. The minimum absolute atomic E-state index is 0.00577. The highest BCUT2D eigenvalue weighted by molar-refractivity contribution is 9.10. The SMILES string of the molecule is O=C(c1ccc(Oc2ccc([N+](=O)[O-])cc2)cc1)C(Cl)Br. The van der Waals surface area contributed by atoms with Crippen LogP contribution in [0.15, 0.2) is 48.5 Å². The number of Topliss-reactive ketones (excluding diaryl/α,β-unsaturated/α-hetero) is 1. The van der Waals surface area contributed by atoms with Crippen molar-refractivity contribution >= 4 is 39.0 Å². The molecule has 2 rings (SSSR count). The molecule has 108 valence electrons. The first kappa shape index (κ1) is 15.5. The summed E-state index contributed by atoms with van der Waals surface area (Å²) in [6.45, 7) is 0. The maximum absolute atomic E-state index is 11.6. The molecule has 2 aromatic rings. The van der Waals surface area contributed by atoms with Gasteiger partial charge in [0.1, 0.15) is 11.5 Å². The van der Waals surface area contributed by atoms with Gasteiger partial charge in [-0.3, -0.25) is 14.9 Å². The van der Waals surface area contributed by atoms with Crippen LogP contribution in [0.25, 0.3) is 0 Å². The standard InChI is InChI=1S/C14H9BrClNO4/c15-14(16)13(18)9-1-5-11(6-2-9)21-12-7-3-10(4-8-12)17(19)20/h1-8,14H. The third-order valence-electron chi connectivity index (χ3n) is 2.62. The monoisotopic (exact) mass is 369 g/mol. The molecule has 0 radical (unpaired) electrons. The Bertz CT molecular complexity index is 656. The summed E-state index contributed by atoms with van der Waals surface area (Å²) in [5, 5.41) is 10.5. The van der Waals surface area contributed by atoms with E-state index in [9.17, 15) is 14.9 Å². The highest BCUT2D eigenvalue weighted by Crippen LogP contribution is 2.24. The van der Waals surface area contributed by atoms with Gasteiger partial charge in [0.15, 0.2) is 10.1 Å². The van der Waals surface area contributed by atoms with Crippen LogP contribution >= 0.6 is 27.5 Å². The number of non-ortho nitro benzene ring substituents is 1. The van der Waals surface area contributed by atoms with Crippen LogP contribution in [0, 0.1) is 10.1 Å². The number of carbonyl (C=O) groups excluding carboxylic acids is 1. The molecule has 0 N–H and O–H groups in total. The Hall–Kier alpha value is -1.92. The van der Waals surface area contributed by atoms with Crippen molar-refractivity contribution in [1.82, 2.24) is 0 Å². The lowest BCUT2D eigenvalue weighted by molar-refractivity contribution is -0.384. The molecule has 0 fully saturated rings. The molecular formula is C14H9BrClNO4. The fraction of sp³-hybridized carbons (Fsp3) is 0.0714. The van der Waals surface area contributed by atoms with Gasteiger partial charge in [-0.2, -0.15) is 0 Å². The summed E-state index contributed by atoms with van der Waals surface area (Å²) in [4.78, 5) is 21.7. The van der Waals surface area contributed by atoms with E-state index < -0.39 is 9.21 Å². The Labute approximate surface area is 133 Å². The minimum atomic E-state index is -0.765. The van der Waals surface area contributed by atoms with Gasteiger partial charge in [-0.25, -0.2) is 0 Å². The molecular weight excluding hydrogens is 362 g/mol. The highest BCUT2D eigenvalue weighted by Gasteiger charge is 2.13. The Balaban J connectivity index is 2.09. The van der Waals surface area contributed by atoms with Crippen molar-refractivity contribution in [3.63, 3.8) is 0 Å². The summed E-state index contributed by atoms with van der Waals surface area (Å²) in [5.74, 6) is 0.745. The zero-order chi connectivity index (χ0) is 15.4. The van der Waals surface area contributed by atoms with Crippen molar-refractivity contribution in [2.75, 3.05) is 0 Å². The van der Waals surface area contributed by atoms with Gasteiger partial charge in [-0.05, 0) is 36.4 Å². The predicted octanol–water partition coefficient (Wildman–Crippen LogP) is 4.53. The summed E-state index contributed by atoms with van der Waals surface area (Å²) in [6.07, 6.45) is 0. The van der Waals surface area contributed by atoms with E-state index in [2.05, 4.69) is 15.9 Å². The van der Waals surface area contributed by atoms with Gasteiger partial charge in [0.05, 0.1) is 4.92 Å². The van der Waals surface area contributed by atoms with Crippen LogP contribution in [-0.4, -0.2) is 15.0 Å². The quantitative estimate of drug-likeness (QED) is 0.335. The molecule has 0 heterocycles. The van der Waals surface area contributed by atoms with Crippen LogP contribution in [0.5, 0.6) is 11.5 Å². The maximum Gasteiger partial charge on any atom is 0.269 e. The third-order valence-corrected chi connectivity index (χ3v) is 3.23. The van der Waals surface area contributed by atoms with Crippen molar-refractivity contribution in [1.29, 1.82) is 0 Å². The molecule has 7 heteroatoms. The minimum Gasteiger partial charge on any atom is -0.457 e. The van der Waals surface area contributed by atoms with Gasteiger partial charge >= 0.3 is 0 Å². The molecule has 0 saturated heterocycles. The zero-order valence-corrected chi connectivity index (χ0v) is 12.9. The molecule has 0 bridgehead atoms. The molecule has 0 spiro atoms. The van der Waals surface area contributed by atoms with E-state index in [1.54, 1.807) is 24.3 Å². The van der Waals surface area contributed by atoms with E-state index in [1.807, 2.05) is 0 Å². The van der Waals surface area contributed by atoms with E-state index >= 15 is 0 Å². The summed E-state index contributed by atoms with van der Waals surface area (Å²) >= 11 is 8.65. The smallest absolute Gasteiger partial charge is 0.269 e. The van der Waals surface area contributed by atoms with Crippen LogP contribution in [0.2, 0.25) is 0 Å². The molecule has 0 aliphatic heterocycles. The van der Waals surface area contributed by atoms with Crippen LogP contribution < -0.4 is 4.74 Å². The Morgan fingerprint density at radius 3 is 2.00 bits per heavy atom. The molecule has 21 heavy (non-hydrogen) atoms. The second kappa shape index (κ2) is 6.69. The number of nitro benzene ring substituents is 1. The van der Waals surface area contributed by atoms with Gasteiger partial charge in [0.25, 0.3) is 5.69 Å². The molecule has 1 unspecified atom stereocenters. The van der Waals surface area contributed by atoms with Crippen molar-refractivity contribution in [2.45, 2.75) is 4.29 Å². The van der Waals surface area contributed by atoms with Crippen molar-refractivity contribution in [2.24, 2.45) is 0 Å². The lowest BCUT2D eigenvalue weighted by Gasteiger charge is -2.06. The third kappa shape index (κ3) is 4.03. The number of rotatable bonds is 5. The van der Waals surface area contributed by atoms with E-state index in [-0.39, 0.29) is 11.5 Å². The average Bonchev–Trinajstić information content (AvgIpc) is 2.47. The number of hydrogen-bond acceptors (Lipinski definition) is 4. The second-order valence-corrected chi connectivity index (χ2v) is 5.92. The number of hydrogen-bond donors (Lipinski definition) is 0. The highest BCUT2D eigenvalue weighted by atomic mass is 79.9.